The van der Waals surface area contributed by atoms with Crippen molar-refractivity contribution < 1.29 is 9.13 Å². The zero-order chi connectivity index (χ0) is 12.3. The lowest BCUT2D eigenvalue weighted by Crippen LogP contribution is -2.20. The van der Waals surface area contributed by atoms with Gasteiger partial charge in [0, 0.05) is 5.56 Å². The van der Waals surface area contributed by atoms with Crippen LogP contribution in [0.5, 0.6) is 5.75 Å². The third-order valence-electron chi connectivity index (χ3n) is 3.17. The number of rotatable bonds is 2. The maximum Gasteiger partial charge on any atom is 0.176 e. The monoisotopic (exact) mass is 234 g/mol. The van der Waals surface area contributed by atoms with Gasteiger partial charge in [0.15, 0.2) is 11.5 Å². The van der Waals surface area contributed by atoms with Crippen molar-refractivity contribution in [3.8, 4) is 11.8 Å². The Kier molecular flexibility index (Phi) is 3.58. The predicted octanol–water partition coefficient (Wildman–Crippen LogP) is 3.11. The van der Waals surface area contributed by atoms with Crippen LogP contribution in [0, 0.1) is 24.1 Å². The minimum Gasteiger partial charge on any atom is -0.488 e. The van der Waals surface area contributed by atoms with Gasteiger partial charge in [0.2, 0.25) is 0 Å². The molecule has 2 rings (SSSR count). The largest absolute Gasteiger partial charge is 0.488 e. The minimum atomic E-state index is -0.569. The van der Waals surface area contributed by atoms with Gasteiger partial charge in [-0.1, -0.05) is 6.42 Å². The second kappa shape index (κ2) is 5.13. The second-order valence-electron chi connectivity index (χ2n) is 4.40. The Morgan fingerprint density at radius 1 is 1.41 bits per heavy atom. The summed E-state index contributed by atoms with van der Waals surface area (Å²) in [7, 11) is 0. The van der Waals surface area contributed by atoms with E-state index in [-0.39, 0.29) is 11.8 Å². The predicted molar refractivity (Wildman–Crippen MR) is 61.1 cm³/mol. The van der Waals surface area contributed by atoms with Crippen LogP contribution in [0.3, 0.4) is 0 Å². The molecule has 17 heavy (non-hydrogen) atoms. The Morgan fingerprint density at radius 3 is 2.76 bits per heavy atom. The topological polar surface area (TPSA) is 45.9 Å². The van der Waals surface area contributed by atoms with E-state index in [1.165, 1.54) is 12.6 Å². The number of hydrogen-bond donors (Lipinski definition) is 0. The van der Waals surface area contributed by atoms with Gasteiger partial charge in [-0.15, -0.1) is 0 Å². The highest BCUT2D eigenvalue weighted by Crippen LogP contribution is 2.27. The zero-order valence-corrected chi connectivity index (χ0v) is 9.87. The Labute approximate surface area is 100 Å². The van der Waals surface area contributed by atoms with E-state index in [0.29, 0.717) is 11.3 Å². The third-order valence-corrected chi connectivity index (χ3v) is 3.17. The molecule has 90 valence electrons. The molecular formula is C13H15FN2O. The molecule has 0 bridgehead atoms. The summed E-state index contributed by atoms with van der Waals surface area (Å²) in [6.45, 7) is 1.62. The van der Waals surface area contributed by atoms with E-state index in [2.05, 4.69) is 4.98 Å². The van der Waals surface area contributed by atoms with Crippen LogP contribution in [0.4, 0.5) is 4.39 Å². The first-order valence-electron chi connectivity index (χ1n) is 5.94. The summed E-state index contributed by atoms with van der Waals surface area (Å²) >= 11 is 0. The molecular weight excluding hydrogens is 219 g/mol. The first-order chi connectivity index (χ1) is 8.22. The van der Waals surface area contributed by atoms with Crippen LogP contribution in [0.15, 0.2) is 6.20 Å². The lowest BCUT2D eigenvalue weighted by Gasteiger charge is -2.23. The van der Waals surface area contributed by atoms with Crippen LogP contribution in [0.25, 0.3) is 0 Å². The van der Waals surface area contributed by atoms with E-state index < -0.39 is 5.82 Å². The highest BCUT2D eigenvalue weighted by molar-refractivity contribution is 5.37. The maximum atomic E-state index is 13.7. The van der Waals surface area contributed by atoms with Crippen molar-refractivity contribution in [2.75, 3.05) is 0 Å². The zero-order valence-electron chi connectivity index (χ0n) is 9.87. The molecule has 1 heterocycles. The summed E-state index contributed by atoms with van der Waals surface area (Å²) < 4.78 is 19.4. The summed E-state index contributed by atoms with van der Waals surface area (Å²) in [5, 5.41) is 8.66. The van der Waals surface area contributed by atoms with Crippen LogP contribution in [0.1, 0.15) is 43.4 Å². The van der Waals surface area contributed by atoms with Gasteiger partial charge < -0.3 is 4.74 Å². The molecule has 0 spiro atoms. The molecule has 0 radical (unpaired) electrons. The molecule has 1 aliphatic rings. The number of hydrogen-bond acceptors (Lipinski definition) is 3. The van der Waals surface area contributed by atoms with Crippen LogP contribution in [-0.4, -0.2) is 11.1 Å². The molecule has 0 atom stereocenters. The molecule has 0 saturated heterocycles. The molecule has 0 unspecified atom stereocenters. The summed E-state index contributed by atoms with van der Waals surface area (Å²) in [6.07, 6.45) is 7.22. The van der Waals surface area contributed by atoms with Crippen molar-refractivity contribution in [3.63, 3.8) is 0 Å². The molecule has 1 fully saturated rings. The Morgan fingerprint density at radius 2 is 2.12 bits per heavy atom. The van der Waals surface area contributed by atoms with Crippen LogP contribution in [-0.2, 0) is 0 Å². The quantitative estimate of drug-likeness (QED) is 0.789. The van der Waals surface area contributed by atoms with Gasteiger partial charge in [0.1, 0.15) is 11.8 Å². The molecule has 0 N–H and O–H groups in total. The molecule has 0 aromatic carbocycles. The average molecular weight is 234 g/mol. The smallest absolute Gasteiger partial charge is 0.176 e. The van der Waals surface area contributed by atoms with Crippen LogP contribution < -0.4 is 4.74 Å². The lowest BCUT2D eigenvalue weighted by atomic mass is 9.98. The molecule has 0 amide bonds. The maximum absolute atomic E-state index is 13.7. The van der Waals surface area contributed by atoms with Crippen molar-refractivity contribution >= 4 is 0 Å². The van der Waals surface area contributed by atoms with Gasteiger partial charge >= 0.3 is 0 Å². The number of aromatic nitrogens is 1. The van der Waals surface area contributed by atoms with Gasteiger partial charge in [-0.3, -0.25) is 0 Å². The van der Waals surface area contributed by atoms with Gasteiger partial charge in [-0.2, -0.15) is 5.26 Å². The highest BCUT2D eigenvalue weighted by Gasteiger charge is 2.18. The second-order valence-corrected chi connectivity index (χ2v) is 4.40. The van der Waals surface area contributed by atoms with Crippen molar-refractivity contribution in [1.82, 2.24) is 4.98 Å². The molecule has 3 nitrogen and oxygen atoms in total. The Balaban J connectivity index is 2.16. The van der Waals surface area contributed by atoms with E-state index >= 15 is 0 Å². The molecule has 1 saturated carbocycles. The standard InChI is InChI=1S/C13H15FN2O/c1-9-12(8-16-11(7-15)13(9)14)17-10-5-3-2-4-6-10/h8,10H,2-6H2,1H3. The van der Waals surface area contributed by atoms with Gasteiger partial charge in [-0.05, 0) is 32.6 Å². The molecule has 0 aliphatic heterocycles. The molecule has 4 heteroatoms. The first kappa shape index (κ1) is 11.8. The van der Waals surface area contributed by atoms with E-state index in [1.54, 1.807) is 13.0 Å². The van der Waals surface area contributed by atoms with Crippen molar-refractivity contribution in [1.29, 1.82) is 5.26 Å². The number of pyridine rings is 1. The molecule has 1 aliphatic carbocycles. The normalized spacial score (nSPS) is 16.5. The third kappa shape index (κ3) is 2.55. The first-order valence-corrected chi connectivity index (χ1v) is 5.94. The summed E-state index contributed by atoms with van der Waals surface area (Å²) in [4.78, 5) is 3.76. The van der Waals surface area contributed by atoms with Crippen LogP contribution >= 0.6 is 0 Å². The number of ether oxygens (including phenoxy) is 1. The van der Waals surface area contributed by atoms with E-state index in [4.69, 9.17) is 10.00 Å². The fraction of sp³-hybridized carbons (Fsp3) is 0.538. The number of halogens is 1. The SMILES string of the molecule is Cc1c(OC2CCCCC2)cnc(C#N)c1F. The average Bonchev–Trinajstić information content (AvgIpc) is 2.37. The number of nitriles is 1. The Bertz CT molecular complexity index is 447. The minimum absolute atomic E-state index is 0.164. The van der Waals surface area contributed by atoms with Crippen molar-refractivity contribution in [3.05, 3.63) is 23.3 Å². The van der Waals surface area contributed by atoms with Crippen LogP contribution in [0.2, 0.25) is 0 Å². The van der Waals surface area contributed by atoms with Crippen molar-refractivity contribution in [2.45, 2.75) is 45.1 Å². The summed E-state index contributed by atoms with van der Waals surface area (Å²) in [5.74, 6) is -0.103. The molecule has 1 aromatic rings. The van der Waals surface area contributed by atoms with E-state index in [0.717, 1.165) is 25.7 Å². The van der Waals surface area contributed by atoms with Crippen molar-refractivity contribution in [2.24, 2.45) is 0 Å². The highest BCUT2D eigenvalue weighted by atomic mass is 19.1. The Hall–Kier alpha value is -1.63. The van der Waals surface area contributed by atoms with E-state index in [9.17, 15) is 4.39 Å². The molecule has 1 aromatic heterocycles. The van der Waals surface area contributed by atoms with Gasteiger partial charge in [-0.25, -0.2) is 9.37 Å². The van der Waals surface area contributed by atoms with Gasteiger partial charge in [0.25, 0.3) is 0 Å². The lowest BCUT2D eigenvalue weighted by molar-refractivity contribution is 0.152. The fourth-order valence-corrected chi connectivity index (χ4v) is 2.12. The summed E-state index contributed by atoms with van der Waals surface area (Å²) in [5.41, 5.74) is 0.209. The summed E-state index contributed by atoms with van der Waals surface area (Å²) in [6, 6.07) is 1.73. The van der Waals surface area contributed by atoms with Gasteiger partial charge in [0.05, 0.1) is 12.3 Å². The van der Waals surface area contributed by atoms with E-state index in [1.807, 2.05) is 0 Å². The number of nitrogens with zero attached hydrogens (tertiary/aromatic N) is 2. The fourth-order valence-electron chi connectivity index (χ4n) is 2.12.